The molecular formula is C18H16Cl2O3. The topological polar surface area (TPSA) is 43.4 Å². The Labute approximate surface area is 145 Å². The van der Waals surface area contributed by atoms with Gasteiger partial charge in [0.05, 0.1) is 5.56 Å². The van der Waals surface area contributed by atoms with Crippen LogP contribution in [0.1, 0.15) is 28.4 Å². The Balaban J connectivity index is 2.42. The summed E-state index contributed by atoms with van der Waals surface area (Å²) in [6, 6.07) is 14.0. The first-order valence-electron chi connectivity index (χ1n) is 7.06. The largest absolute Gasteiger partial charge is 0.479 e. The molecule has 0 aliphatic heterocycles. The highest BCUT2D eigenvalue weighted by molar-refractivity contribution is 6.45. The van der Waals surface area contributed by atoms with Crippen molar-refractivity contribution < 1.29 is 14.3 Å². The van der Waals surface area contributed by atoms with Gasteiger partial charge in [0, 0.05) is 5.56 Å². The molecule has 2 rings (SSSR count). The first-order valence-corrected chi connectivity index (χ1v) is 7.93. The second-order valence-electron chi connectivity index (χ2n) is 5.18. The van der Waals surface area contributed by atoms with E-state index in [4.69, 9.17) is 27.9 Å². The van der Waals surface area contributed by atoms with Crippen LogP contribution in [-0.4, -0.2) is 22.5 Å². The molecule has 0 radical (unpaired) electrons. The van der Waals surface area contributed by atoms with Crippen LogP contribution in [0.15, 0.2) is 48.5 Å². The number of benzene rings is 2. The zero-order valence-electron chi connectivity index (χ0n) is 12.8. The van der Waals surface area contributed by atoms with Gasteiger partial charge < -0.3 is 4.74 Å². The van der Waals surface area contributed by atoms with Crippen molar-refractivity contribution in [1.82, 2.24) is 0 Å². The third kappa shape index (κ3) is 4.34. The van der Waals surface area contributed by atoms with Crippen molar-refractivity contribution in [3.05, 3.63) is 65.2 Å². The minimum Gasteiger partial charge on any atom is -0.479 e. The number of ketones is 2. The maximum atomic E-state index is 12.7. The summed E-state index contributed by atoms with van der Waals surface area (Å²) in [5.74, 6) is -0.207. The molecular weight excluding hydrogens is 335 g/mol. The van der Waals surface area contributed by atoms with Crippen molar-refractivity contribution in [1.29, 1.82) is 0 Å². The maximum Gasteiger partial charge on any atom is 0.196 e. The average Bonchev–Trinajstić information content (AvgIpc) is 2.53. The number of ether oxygens (including phenoxy) is 1. The van der Waals surface area contributed by atoms with Crippen LogP contribution < -0.4 is 4.74 Å². The lowest BCUT2D eigenvalue weighted by Crippen LogP contribution is -2.32. The van der Waals surface area contributed by atoms with Crippen molar-refractivity contribution in [2.24, 2.45) is 0 Å². The van der Waals surface area contributed by atoms with Gasteiger partial charge in [0.1, 0.15) is 5.75 Å². The molecule has 1 atom stereocenters. The van der Waals surface area contributed by atoms with Crippen molar-refractivity contribution in [3.8, 4) is 5.75 Å². The Morgan fingerprint density at radius 2 is 1.70 bits per heavy atom. The number of carbonyl (C=O) groups is 2. The van der Waals surface area contributed by atoms with Crippen LogP contribution in [0.2, 0.25) is 0 Å². The third-order valence-electron chi connectivity index (χ3n) is 3.30. The molecule has 0 heterocycles. The second-order valence-corrected chi connectivity index (χ2v) is 6.34. The average molecular weight is 351 g/mol. The Bertz CT molecular complexity index is 711. The van der Waals surface area contributed by atoms with Crippen LogP contribution in [0.4, 0.5) is 0 Å². The molecule has 0 saturated heterocycles. The van der Waals surface area contributed by atoms with Crippen molar-refractivity contribution in [2.45, 2.75) is 24.8 Å². The Kier molecular flexibility index (Phi) is 5.80. The van der Waals surface area contributed by atoms with Crippen LogP contribution in [-0.2, 0) is 4.79 Å². The summed E-state index contributed by atoms with van der Waals surface area (Å²) in [5, 5.41) is 0. The van der Waals surface area contributed by atoms with E-state index in [-0.39, 0.29) is 17.3 Å². The van der Waals surface area contributed by atoms with Gasteiger partial charge in [0.25, 0.3) is 0 Å². The number of carbonyl (C=O) groups excluding carboxylic acids is 2. The van der Waals surface area contributed by atoms with E-state index in [1.54, 1.807) is 42.5 Å². The molecule has 0 aliphatic rings. The first-order chi connectivity index (χ1) is 10.9. The van der Waals surface area contributed by atoms with E-state index in [9.17, 15) is 9.59 Å². The van der Waals surface area contributed by atoms with E-state index >= 15 is 0 Å². The molecule has 0 amide bonds. The summed E-state index contributed by atoms with van der Waals surface area (Å²) in [5.41, 5.74) is 1.82. The molecule has 0 aromatic heterocycles. The Morgan fingerprint density at radius 1 is 1.04 bits per heavy atom. The highest BCUT2D eigenvalue weighted by Crippen LogP contribution is 2.26. The molecule has 0 saturated carbocycles. The number of halogens is 2. The Hall–Kier alpha value is -1.84. The summed E-state index contributed by atoms with van der Waals surface area (Å²) in [6.07, 6.45) is -1.02. The van der Waals surface area contributed by atoms with Gasteiger partial charge in [0.2, 0.25) is 0 Å². The van der Waals surface area contributed by atoms with Gasteiger partial charge in [-0.05, 0) is 26.0 Å². The van der Waals surface area contributed by atoms with Gasteiger partial charge in [-0.15, -0.1) is 23.2 Å². The molecule has 0 N–H and O–H groups in total. The van der Waals surface area contributed by atoms with Crippen LogP contribution in [0, 0.1) is 6.92 Å². The second kappa shape index (κ2) is 7.62. The lowest BCUT2D eigenvalue weighted by molar-refractivity contribution is -0.123. The summed E-state index contributed by atoms with van der Waals surface area (Å²) in [7, 11) is 0. The number of hydrogen-bond acceptors (Lipinski definition) is 3. The molecule has 5 heteroatoms. The number of rotatable bonds is 6. The van der Waals surface area contributed by atoms with Gasteiger partial charge in [-0.25, -0.2) is 0 Å². The maximum absolute atomic E-state index is 12.7. The normalized spacial score (nSPS) is 12.0. The lowest BCUT2D eigenvalue weighted by atomic mass is 10.0. The zero-order valence-corrected chi connectivity index (χ0v) is 14.3. The molecule has 0 bridgehead atoms. The molecule has 120 valence electrons. The van der Waals surface area contributed by atoms with Crippen molar-refractivity contribution >= 4 is 34.8 Å². The van der Waals surface area contributed by atoms with E-state index < -0.39 is 10.9 Å². The highest BCUT2D eigenvalue weighted by atomic mass is 35.5. The molecule has 1 unspecified atom stereocenters. The van der Waals surface area contributed by atoms with Gasteiger partial charge in [-0.2, -0.15) is 0 Å². The van der Waals surface area contributed by atoms with Gasteiger partial charge >= 0.3 is 0 Å². The minimum atomic E-state index is -1.02. The number of Topliss-reactive ketones (excluding diaryl/α,β-unsaturated/α-hetero) is 1. The van der Waals surface area contributed by atoms with Gasteiger partial charge in [-0.1, -0.05) is 42.0 Å². The predicted octanol–water partition coefficient (Wildman–Crippen LogP) is 4.37. The number of aryl methyl sites for hydroxylation is 1. The van der Waals surface area contributed by atoms with E-state index in [0.29, 0.717) is 11.1 Å². The quantitative estimate of drug-likeness (QED) is 0.574. The number of hydrogen-bond donors (Lipinski definition) is 0. The predicted molar refractivity (Wildman–Crippen MR) is 91.6 cm³/mol. The summed E-state index contributed by atoms with van der Waals surface area (Å²) < 4.78 is 5.63. The number of alkyl halides is 2. The summed E-state index contributed by atoms with van der Waals surface area (Å²) in [6.45, 7) is 3.22. The molecule has 3 nitrogen and oxygen atoms in total. The Morgan fingerprint density at radius 3 is 2.26 bits per heavy atom. The van der Waals surface area contributed by atoms with Crippen LogP contribution in [0.3, 0.4) is 0 Å². The van der Waals surface area contributed by atoms with Crippen LogP contribution in [0.5, 0.6) is 5.75 Å². The van der Waals surface area contributed by atoms with E-state index in [1.807, 2.05) is 13.0 Å². The monoisotopic (exact) mass is 350 g/mol. The van der Waals surface area contributed by atoms with E-state index in [2.05, 4.69) is 0 Å². The summed E-state index contributed by atoms with van der Waals surface area (Å²) in [4.78, 5) is 23.3. The zero-order chi connectivity index (χ0) is 17.0. The molecule has 0 spiro atoms. The SMILES string of the molecule is CC(=O)C(Oc1ccc(C)cc1C(=O)c1ccccc1)C(Cl)Cl. The smallest absolute Gasteiger partial charge is 0.196 e. The summed E-state index contributed by atoms with van der Waals surface area (Å²) >= 11 is 11.6. The van der Waals surface area contributed by atoms with E-state index in [1.165, 1.54) is 6.92 Å². The fraction of sp³-hybridized carbons (Fsp3) is 0.222. The van der Waals surface area contributed by atoms with Crippen LogP contribution >= 0.6 is 23.2 Å². The molecule has 0 aliphatic carbocycles. The lowest BCUT2D eigenvalue weighted by Gasteiger charge is -2.19. The standard InChI is InChI=1S/C18H16Cl2O3/c1-11-8-9-15(23-17(12(2)21)18(19)20)14(10-11)16(22)13-6-4-3-5-7-13/h3-10,17-18H,1-2H3. The van der Waals surface area contributed by atoms with E-state index in [0.717, 1.165) is 5.56 Å². The fourth-order valence-corrected chi connectivity index (χ4v) is 2.58. The molecule has 2 aromatic rings. The molecule has 23 heavy (non-hydrogen) atoms. The van der Waals surface area contributed by atoms with Crippen molar-refractivity contribution in [2.75, 3.05) is 0 Å². The van der Waals surface area contributed by atoms with Crippen molar-refractivity contribution in [3.63, 3.8) is 0 Å². The van der Waals surface area contributed by atoms with Gasteiger partial charge in [0.15, 0.2) is 22.5 Å². The van der Waals surface area contributed by atoms with Crippen LogP contribution in [0.25, 0.3) is 0 Å². The van der Waals surface area contributed by atoms with Gasteiger partial charge in [-0.3, -0.25) is 9.59 Å². The minimum absolute atomic E-state index is 0.188. The molecule has 2 aromatic carbocycles. The highest BCUT2D eigenvalue weighted by Gasteiger charge is 2.26. The third-order valence-corrected chi connectivity index (χ3v) is 3.76. The fourth-order valence-electron chi connectivity index (χ4n) is 2.12. The first kappa shape index (κ1) is 17.5. The molecule has 0 fully saturated rings.